The van der Waals surface area contributed by atoms with Crippen molar-refractivity contribution in [2.45, 2.75) is 78.4 Å². The van der Waals surface area contributed by atoms with Crippen molar-refractivity contribution in [3.05, 3.63) is 0 Å². The Bertz CT molecular complexity index is 245. The van der Waals surface area contributed by atoms with Crippen LogP contribution in [-0.4, -0.2) is 38.5 Å². The number of hydrogen-bond acceptors (Lipinski definition) is 3. The highest BCUT2D eigenvalue weighted by Crippen LogP contribution is 2.31. The Labute approximate surface area is 132 Å². The van der Waals surface area contributed by atoms with Crippen molar-refractivity contribution >= 4 is 0 Å². The first-order valence-electron chi connectivity index (χ1n) is 9.11. The molecule has 3 nitrogen and oxygen atoms in total. The van der Waals surface area contributed by atoms with Crippen LogP contribution >= 0.6 is 0 Å². The number of hydrogen-bond donors (Lipinski definition) is 1. The molecule has 21 heavy (non-hydrogen) atoms. The molecule has 1 aliphatic rings. The summed E-state index contributed by atoms with van der Waals surface area (Å²) >= 11 is 0. The third kappa shape index (κ3) is 7.62. The van der Waals surface area contributed by atoms with Crippen molar-refractivity contribution in [3.8, 4) is 0 Å². The predicted octanol–water partition coefficient (Wildman–Crippen LogP) is 4.01. The largest absolute Gasteiger partial charge is 0.379 e. The van der Waals surface area contributed by atoms with Crippen molar-refractivity contribution in [1.82, 2.24) is 5.32 Å². The van der Waals surface area contributed by atoms with E-state index in [1.165, 1.54) is 32.1 Å². The van der Waals surface area contributed by atoms with E-state index in [-0.39, 0.29) is 0 Å². The Morgan fingerprint density at radius 2 is 1.86 bits per heavy atom. The normalized spacial score (nSPS) is 26.4. The molecule has 0 aliphatic heterocycles. The monoisotopic (exact) mass is 299 g/mol. The number of nitrogens with one attached hydrogen (secondary N) is 1. The van der Waals surface area contributed by atoms with Gasteiger partial charge in [0.2, 0.25) is 0 Å². The minimum Gasteiger partial charge on any atom is -0.379 e. The molecule has 126 valence electrons. The Morgan fingerprint density at radius 1 is 1.05 bits per heavy atom. The summed E-state index contributed by atoms with van der Waals surface area (Å²) in [5.74, 6) is 1.58. The molecule has 3 atom stereocenters. The zero-order chi connectivity index (χ0) is 15.5. The molecular weight excluding hydrogens is 262 g/mol. The van der Waals surface area contributed by atoms with Gasteiger partial charge in [0, 0.05) is 12.6 Å². The fourth-order valence-electron chi connectivity index (χ4n) is 3.12. The molecule has 0 bridgehead atoms. The second-order valence-electron chi connectivity index (χ2n) is 6.75. The third-order valence-corrected chi connectivity index (χ3v) is 4.63. The maximum absolute atomic E-state index is 6.17. The summed E-state index contributed by atoms with van der Waals surface area (Å²) in [4.78, 5) is 0. The Hall–Kier alpha value is -0.120. The molecule has 0 aromatic rings. The molecular formula is C18H37NO2. The average Bonchev–Trinajstić information content (AvgIpc) is 2.49. The molecule has 0 saturated heterocycles. The minimum atomic E-state index is 0.368. The molecule has 0 heterocycles. The van der Waals surface area contributed by atoms with Crippen molar-refractivity contribution in [1.29, 1.82) is 0 Å². The van der Waals surface area contributed by atoms with E-state index in [0.717, 1.165) is 44.6 Å². The molecule has 1 fully saturated rings. The Morgan fingerprint density at radius 3 is 2.52 bits per heavy atom. The summed E-state index contributed by atoms with van der Waals surface area (Å²) in [5, 5.41) is 3.68. The fourth-order valence-corrected chi connectivity index (χ4v) is 3.12. The molecule has 3 heteroatoms. The highest BCUT2D eigenvalue weighted by molar-refractivity contribution is 4.86. The van der Waals surface area contributed by atoms with Crippen LogP contribution < -0.4 is 5.32 Å². The van der Waals surface area contributed by atoms with E-state index in [9.17, 15) is 0 Å². The second kappa shape index (κ2) is 11.4. The summed E-state index contributed by atoms with van der Waals surface area (Å²) in [6.45, 7) is 12.6. The van der Waals surface area contributed by atoms with Gasteiger partial charge in [-0.25, -0.2) is 0 Å². The van der Waals surface area contributed by atoms with Crippen LogP contribution in [0.4, 0.5) is 0 Å². The lowest BCUT2D eigenvalue weighted by Crippen LogP contribution is -2.47. The summed E-state index contributed by atoms with van der Waals surface area (Å²) in [6.07, 6.45) is 7.70. The van der Waals surface area contributed by atoms with Gasteiger partial charge < -0.3 is 14.8 Å². The molecule has 0 amide bonds. The topological polar surface area (TPSA) is 30.5 Å². The van der Waals surface area contributed by atoms with E-state index in [1.807, 2.05) is 0 Å². The van der Waals surface area contributed by atoms with Gasteiger partial charge in [-0.1, -0.05) is 34.1 Å². The minimum absolute atomic E-state index is 0.368. The van der Waals surface area contributed by atoms with Crippen molar-refractivity contribution in [3.63, 3.8) is 0 Å². The van der Waals surface area contributed by atoms with Crippen LogP contribution in [-0.2, 0) is 9.47 Å². The first-order chi connectivity index (χ1) is 10.2. The lowest BCUT2D eigenvalue weighted by atomic mass is 9.78. The summed E-state index contributed by atoms with van der Waals surface area (Å²) < 4.78 is 11.8. The van der Waals surface area contributed by atoms with Crippen LogP contribution in [0.15, 0.2) is 0 Å². The van der Waals surface area contributed by atoms with Crippen molar-refractivity contribution in [2.24, 2.45) is 11.8 Å². The van der Waals surface area contributed by atoms with Gasteiger partial charge >= 0.3 is 0 Å². The molecule has 1 rings (SSSR count). The van der Waals surface area contributed by atoms with Gasteiger partial charge in [0.15, 0.2) is 0 Å². The maximum atomic E-state index is 6.17. The standard InChI is InChI=1S/C18H37NO2/c1-5-7-11-20-12-13-21-18-14-16(15(3)4)8-9-17(18)19-10-6-2/h15-19H,5-14H2,1-4H3. The van der Waals surface area contributed by atoms with E-state index in [4.69, 9.17) is 9.47 Å². The van der Waals surface area contributed by atoms with Gasteiger partial charge in [0.25, 0.3) is 0 Å². The van der Waals surface area contributed by atoms with E-state index >= 15 is 0 Å². The summed E-state index contributed by atoms with van der Waals surface area (Å²) in [6, 6.07) is 0.538. The zero-order valence-electron chi connectivity index (χ0n) is 14.7. The zero-order valence-corrected chi connectivity index (χ0v) is 14.7. The van der Waals surface area contributed by atoms with Gasteiger partial charge in [-0.3, -0.25) is 0 Å². The number of unbranched alkanes of at least 4 members (excludes halogenated alkanes) is 1. The van der Waals surface area contributed by atoms with Crippen molar-refractivity contribution < 1.29 is 9.47 Å². The van der Waals surface area contributed by atoms with Gasteiger partial charge in [-0.15, -0.1) is 0 Å². The lowest BCUT2D eigenvalue weighted by molar-refractivity contribution is -0.0407. The Kier molecular flexibility index (Phi) is 10.3. The number of ether oxygens (including phenoxy) is 2. The van der Waals surface area contributed by atoms with Gasteiger partial charge in [-0.05, 0) is 50.5 Å². The molecule has 1 saturated carbocycles. The third-order valence-electron chi connectivity index (χ3n) is 4.63. The highest BCUT2D eigenvalue weighted by atomic mass is 16.5. The predicted molar refractivity (Wildman–Crippen MR) is 89.7 cm³/mol. The molecule has 1 aliphatic carbocycles. The summed E-state index contributed by atoms with van der Waals surface area (Å²) in [7, 11) is 0. The SMILES string of the molecule is CCCCOCCOC1CC(C(C)C)CCC1NCCC. The molecule has 0 radical (unpaired) electrons. The summed E-state index contributed by atoms with van der Waals surface area (Å²) in [5.41, 5.74) is 0. The van der Waals surface area contributed by atoms with E-state index < -0.39 is 0 Å². The maximum Gasteiger partial charge on any atom is 0.0731 e. The molecule has 3 unspecified atom stereocenters. The molecule has 1 N–H and O–H groups in total. The number of rotatable bonds is 11. The van der Waals surface area contributed by atoms with E-state index in [0.29, 0.717) is 12.1 Å². The van der Waals surface area contributed by atoms with Crippen LogP contribution in [0.3, 0.4) is 0 Å². The van der Waals surface area contributed by atoms with Crippen LogP contribution in [0.2, 0.25) is 0 Å². The van der Waals surface area contributed by atoms with Gasteiger partial charge in [0.1, 0.15) is 0 Å². The fraction of sp³-hybridized carbons (Fsp3) is 1.00. The van der Waals surface area contributed by atoms with E-state index in [1.54, 1.807) is 0 Å². The molecule has 0 aromatic heterocycles. The first-order valence-corrected chi connectivity index (χ1v) is 9.11. The first kappa shape index (κ1) is 18.9. The van der Waals surface area contributed by atoms with Crippen LogP contribution in [0.1, 0.15) is 66.2 Å². The van der Waals surface area contributed by atoms with Crippen molar-refractivity contribution in [2.75, 3.05) is 26.4 Å². The van der Waals surface area contributed by atoms with Gasteiger partial charge in [0.05, 0.1) is 19.3 Å². The smallest absolute Gasteiger partial charge is 0.0731 e. The molecule has 0 aromatic carbocycles. The van der Waals surface area contributed by atoms with Crippen LogP contribution in [0, 0.1) is 11.8 Å². The highest BCUT2D eigenvalue weighted by Gasteiger charge is 2.31. The lowest BCUT2D eigenvalue weighted by Gasteiger charge is -2.38. The Balaban J connectivity index is 2.31. The molecule has 0 spiro atoms. The van der Waals surface area contributed by atoms with Gasteiger partial charge in [-0.2, -0.15) is 0 Å². The second-order valence-corrected chi connectivity index (χ2v) is 6.75. The quantitative estimate of drug-likeness (QED) is 0.585. The van der Waals surface area contributed by atoms with Crippen LogP contribution in [0.25, 0.3) is 0 Å². The van der Waals surface area contributed by atoms with Crippen LogP contribution in [0.5, 0.6) is 0 Å². The van der Waals surface area contributed by atoms with E-state index in [2.05, 4.69) is 33.0 Å². The average molecular weight is 299 g/mol.